The van der Waals surface area contributed by atoms with Crippen molar-refractivity contribution in [1.29, 1.82) is 0 Å². The van der Waals surface area contributed by atoms with Crippen LogP contribution in [-0.4, -0.2) is 46.6 Å². The van der Waals surface area contributed by atoms with Crippen LogP contribution < -0.4 is 15.2 Å². The van der Waals surface area contributed by atoms with Crippen LogP contribution in [0.4, 0.5) is 5.69 Å². The molecular formula is C30H34Cl2N4O3. The van der Waals surface area contributed by atoms with Crippen LogP contribution >= 0.6 is 24.8 Å². The monoisotopic (exact) mass is 568 g/mol. The zero-order valence-electron chi connectivity index (χ0n) is 21.8. The number of ether oxygens (including phenoxy) is 1. The molecule has 4 aromatic rings. The number of rotatable bonds is 11. The molecule has 7 nitrogen and oxygen atoms in total. The smallest absolute Gasteiger partial charge is 0.258 e. The second kappa shape index (κ2) is 14.7. The Labute approximate surface area is 241 Å². The molecule has 0 bridgehead atoms. The van der Waals surface area contributed by atoms with Crippen LogP contribution in [0, 0.1) is 0 Å². The van der Waals surface area contributed by atoms with Gasteiger partial charge in [-0.3, -0.25) is 19.5 Å². The van der Waals surface area contributed by atoms with Crippen molar-refractivity contribution in [2.75, 3.05) is 31.1 Å². The van der Waals surface area contributed by atoms with E-state index in [1.807, 2.05) is 90.2 Å². The zero-order valence-corrected chi connectivity index (χ0v) is 23.4. The summed E-state index contributed by atoms with van der Waals surface area (Å²) < 4.78 is 7.78. The highest BCUT2D eigenvalue weighted by molar-refractivity contribution is 5.95. The number of benzene rings is 2. The van der Waals surface area contributed by atoms with Gasteiger partial charge in [-0.15, -0.1) is 24.8 Å². The minimum atomic E-state index is 0. The highest BCUT2D eigenvalue weighted by Crippen LogP contribution is 2.24. The van der Waals surface area contributed by atoms with Gasteiger partial charge in [-0.05, 0) is 72.3 Å². The lowest BCUT2D eigenvalue weighted by atomic mass is 10.2. The first kappa shape index (κ1) is 30.2. The van der Waals surface area contributed by atoms with Gasteiger partial charge in [0.15, 0.2) is 0 Å². The number of fused-ring (bicyclic) bond motifs is 1. The van der Waals surface area contributed by atoms with E-state index in [4.69, 9.17) is 4.74 Å². The molecule has 0 spiro atoms. The second-order valence-corrected chi connectivity index (χ2v) is 9.38. The molecule has 1 fully saturated rings. The summed E-state index contributed by atoms with van der Waals surface area (Å²) in [4.78, 5) is 33.2. The van der Waals surface area contributed by atoms with Crippen LogP contribution in [0.1, 0.15) is 24.8 Å². The first-order valence-electron chi connectivity index (χ1n) is 12.9. The number of aromatic nitrogens is 2. The van der Waals surface area contributed by atoms with Crippen LogP contribution in [-0.2, 0) is 17.9 Å². The maximum Gasteiger partial charge on any atom is 0.258 e. The molecule has 206 valence electrons. The Hall–Kier alpha value is -3.39. The van der Waals surface area contributed by atoms with Crippen LogP contribution in [0.15, 0.2) is 90.1 Å². The Morgan fingerprint density at radius 2 is 1.67 bits per heavy atom. The highest BCUT2D eigenvalue weighted by Gasteiger charge is 2.21. The minimum Gasteiger partial charge on any atom is -0.494 e. The molecule has 1 aliphatic rings. The van der Waals surface area contributed by atoms with Crippen molar-refractivity contribution in [3.63, 3.8) is 0 Å². The molecule has 0 N–H and O–H groups in total. The molecule has 39 heavy (non-hydrogen) atoms. The minimum absolute atomic E-state index is 0. The third-order valence-corrected chi connectivity index (χ3v) is 6.81. The Morgan fingerprint density at radius 3 is 2.41 bits per heavy atom. The standard InChI is InChI=1S/C30H32N4O3.2ClH/c35-29-7-3-18-34(29)26-8-10-27(11-9-26)37-22-4-17-32(23-24-12-15-31-16-13-24)20-21-33-19-14-25-5-1-2-6-28(25)30(33)36;;/h1-2,5-6,8-16,19H,3-4,7,17-18,20-23H2;2*1H. The van der Waals surface area contributed by atoms with Gasteiger partial charge in [0.1, 0.15) is 5.75 Å². The third-order valence-electron chi connectivity index (χ3n) is 6.81. The predicted molar refractivity (Wildman–Crippen MR) is 160 cm³/mol. The Balaban J connectivity index is 0.00000210. The summed E-state index contributed by atoms with van der Waals surface area (Å²) in [5.41, 5.74) is 2.17. The van der Waals surface area contributed by atoms with Crippen molar-refractivity contribution in [2.24, 2.45) is 0 Å². The van der Waals surface area contributed by atoms with E-state index in [9.17, 15) is 9.59 Å². The molecule has 2 aromatic heterocycles. The Morgan fingerprint density at radius 1 is 0.897 bits per heavy atom. The highest BCUT2D eigenvalue weighted by atomic mass is 35.5. The van der Waals surface area contributed by atoms with Gasteiger partial charge in [0, 0.05) is 68.8 Å². The van der Waals surface area contributed by atoms with E-state index in [1.54, 1.807) is 4.57 Å². The lowest BCUT2D eigenvalue weighted by Gasteiger charge is -2.23. The molecule has 2 aromatic carbocycles. The SMILES string of the molecule is Cl.Cl.O=C1CCCN1c1ccc(OCCCN(CCn2ccc3ccccc3c2=O)Cc2ccncc2)cc1. The first-order valence-corrected chi connectivity index (χ1v) is 12.9. The fourth-order valence-corrected chi connectivity index (χ4v) is 4.79. The molecule has 1 saturated heterocycles. The second-order valence-electron chi connectivity index (χ2n) is 9.38. The van der Waals surface area contributed by atoms with Gasteiger partial charge in [0.2, 0.25) is 5.91 Å². The maximum absolute atomic E-state index is 12.9. The van der Waals surface area contributed by atoms with Crippen molar-refractivity contribution in [3.8, 4) is 5.75 Å². The molecule has 5 rings (SSSR count). The van der Waals surface area contributed by atoms with Gasteiger partial charge in [-0.2, -0.15) is 0 Å². The van der Waals surface area contributed by atoms with Gasteiger partial charge in [-0.25, -0.2) is 0 Å². The topological polar surface area (TPSA) is 67.7 Å². The van der Waals surface area contributed by atoms with Gasteiger partial charge in [0.05, 0.1) is 6.61 Å². The van der Waals surface area contributed by atoms with Crippen LogP contribution in [0.2, 0.25) is 0 Å². The average molecular weight is 570 g/mol. The van der Waals surface area contributed by atoms with Crippen molar-refractivity contribution in [2.45, 2.75) is 32.4 Å². The molecule has 1 amide bonds. The van der Waals surface area contributed by atoms with Crippen molar-refractivity contribution < 1.29 is 9.53 Å². The predicted octanol–water partition coefficient (Wildman–Crippen LogP) is 5.34. The number of carbonyl (C=O) groups is 1. The molecular weight excluding hydrogens is 535 g/mol. The largest absolute Gasteiger partial charge is 0.494 e. The quantitative estimate of drug-likeness (QED) is 0.228. The molecule has 0 aliphatic carbocycles. The fraction of sp³-hybridized carbons (Fsp3) is 0.300. The number of anilines is 1. The van der Waals surface area contributed by atoms with E-state index < -0.39 is 0 Å². The molecule has 9 heteroatoms. The lowest BCUT2D eigenvalue weighted by Crippen LogP contribution is -2.32. The number of amides is 1. The van der Waals surface area contributed by atoms with Crippen molar-refractivity contribution >= 4 is 47.2 Å². The number of hydrogen-bond acceptors (Lipinski definition) is 5. The van der Waals surface area contributed by atoms with Crippen molar-refractivity contribution in [1.82, 2.24) is 14.5 Å². The van der Waals surface area contributed by atoms with Crippen LogP contribution in [0.25, 0.3) is 10.8 Å². The molecule has 0 radical (unpaired) electrons. The van der Waals surface area contributed by atoms with Gasteiger partial charge >= 0.3 is 0 Å². The molecule has 1 aliphatic heterocycles. The summed E-state index contributed by atoms with van der Waals surface area (Å²) in [7, 11) is 0. The summed E-state index contributed by atoms with van der Waals surface area (Å²) >= 11 is 0. The molecule has 0 atom stereocenters. The van der Waals surface area contributed by atoms with Crippen molar-refractivity contribution in [3.05, 3.63) is 101 Å². The molecule has 0 saturated carbocycles. The fourth-order valence-electron chi connectivity index (χ4n) is 4.79. The normalized spacial score (nSPS) is 12.8. The van der Waals surface area contributed by atoms with Gasteiger partial charge in [-0.1, -0.05) is 18.2 Å². The summed E-state index contributed by atoms with van der Waals surface area (Å²) in [6.45, 7) is 4.36. The van der Waals surface area contributed by atoms with Crippen LogP contribution in [0.3, 0.4) is 0 Å². The zero-order chi connectivity index (χ0) is 25.5. The lowest BCUT2D eigenvalue weighted by molar-refractivity contribution is -0.117. The molecule has 0 unspecified atom stereocenters. The first-order chi connectivity index (χ1) is 18.2. The van der Waals surface area contributed by atoms with E-state index in [0.29, 0.717) is 19.6 Å². The number of nitrogens with zero attached hydrogens (tertiary/aromatic N) is 4. The number of pyridine rings is 2. The number of halogens is 2. The number of hydrogen-bond donors (Lipinski definition) is 0. The summed E-state index contributed by atoms with van der Waals surface area (Å²) in [6.07, 6.45) is 7.90. The maximum atomic E-state index is 12.9. The molecule has 3 heterocycles. The third kappa shape index (κ3) is 7.82. The summed E-state index contributed by atoms with van der Waals surface area (Å²) in [5.74, 6) is 0.993. The van der Waals surface area contributed by atoms with Crippen LogP contribution in [0.5, 0.6) is 5.75 Å². The van der Waals surface area contributed by atoms with E-state index in [0.717, 1.165) is 61.2 Å². The van der Waals surface area contributed by atoms with Gasteiger partial charge < -0.3 is 14.2 Å². The Bertz CT molecular complexity index is 1400. The number of carbonyl (C=O) groups excluding carboxylic acids is 1. The Kier molecular flexibility index (Phi) is 11.3. The summed E-state index contributed by atoms with van der Waals surface area (Å²) in [5, 5.41) is 1.72. The van der Waals surface area contributed by atoms with E-state index in [-0.39, 0.29) is 36.3 Å². The van der Waals surface area contributed by atoms with E-state index >= 15 is 0 Å². The van der Waals surface area contributed by atoms with E-state index in [1.165, 1.54) is 5.56 Å². The summed E-state index contributed by atoms with van der Waals surface area (Å²) in [6, 6.07) is 21.5. The van der Waals surface area contributed by atoms with E-state index in [2.05, 4.69) is 9.88 Å². The van der Waals surface area contributed by atoms with Gasteiger partial charge in [0.25, 0.3) is 5.56 Å². The average Bonchev–Trinajstić information content (AvgIpc) is 3.37.